The van der Waals surface area contributed by atoms with Crippen molar-refractivity contribution in [1.29, 1.82) is 0 Å². The fourth-order valence-corrected chi connectivity index (χ4v) is 1.85. The Morgan fingerprint density at radius 1 is 1.38 bits per heavy atom. The van der Waals surface area contributed by atoms with Crippen molar-refractivity contribution in [3.05, 3.63) is 33.2 Å². The molecule has 2 heterocycles. The minimum atomic E-state index is 0.634. The quantitative estimate of drug-likeness (QED) is 0.839. The van der Waals surface area contributed by atoms with Crippen LogP contribution >= 0.6 is 31.9 Å². The maximum absolute atomic E-state index is 5.41. The first kappa shape index (κ1) is 11.8. The van der Waals surface area contributed by atoms with Gasteiger partial charge in [-0.2, -0.15) is 4.98 Å². The molecule has 0 saturated heterocycles. The van der Waals surface area contributed by atoms with Gasteiger partial charge in [-0.15, -0.1) is 0 Å². The first-order valence-corrected chi connectivity index (χ1v) is 6.24. The highest BCUT2D eigenvalue weighted by molar-refractivity contribution is 9.13. The summed E-state index contributed by atoms with van der Waals surface area (Å²) in [4.78, 5) is 3.92. The summed E-state index contributed by atoms with van der Waals surface area (Å²) in [6, 6.07) is 1.92. The number of hydrogen-bond acceptors (Lipinski definition) is 5. The Kier molecular flexibility index (Phi) is 4.14. The summed E-state index contributed by atoms with van der Waals surface area (Å²) in [5.74, 6) is 1.50. The molecule has 1 N–H and O–H groups in total. The molecule has 0 atom stereocenters. The van der Waals surface area contributed by atoms with E-state index in [0.29, 0.717) is 23.5 Å². The van der Waals surface area contributed by atoms with Gasteiger partial charge in [0, 0.05) is 13.0 Å². The van der Waals surface area contributed by atoms with Gasteiger partial charge in [0.25, 0.3) is 0 Å². The van der Waals surface area contributed by atoms with Gasteiger partial charge >= 0.3 is 0 Å². The lowest BCUT2D eigenvalue weighted by atomic mass is 10.4. The topological polar surface area (TPSA) is 64.1 Å². The molecule has 2 rings (SSSR count). The van der Waals surface area contributed by atoms with Crippen molar-refractivity contribution < 1.29 is 8.94 Å². The summed E-state index contributed by atoms with van der Waals surface area (Å²) < 4.78 is 11.9. The summed E-state index contributed by atoms with van der Waals surface area (Å²) >= 11 is 6.64. The van der Waals surface area contributed by atoms with Crippen LogP contribution in [0, 0.1) is 0 Å². The number of furan rings is 1. The van der Waals surface area contributed by atoms with Gasteiger partial charge in [0.15, 0.2) is 11.0 Å². The fraction of sp³-hybridized carbons (Fsp3) is 0.333. The number of nitrogens with one attached hydrogen (secondary N) is 1. The molecule has 2 aromatic heterocycles. The molecule has 7 heteroatoms. The minimum absolute atomic E-state index is 0.634. The zero-order valence-electron chi connectivity index (χ0n) is 8.24. The summed E-state index contributed by atoms with van der Waals surface area (Å²) in [7, 11) is 0. The molecule has 0 spiro atoms. The molecular formula is C9H9Br2N3O2. The SMILES string of the molecule is Brc1cc(CNCCc2ncno2)oc1Br. The third kappa shape index (κ3) is 3.16. The highest BCUT2D eigenvalue weighted by Gasteiger charge is 2.05. The van der Waals surface area contributed by atoms with E-state index < -0.39 is 0 Å². The molecule has 5 nitrogen and oxygen atoms in total. The van der Waals surface area contributed by atoms with Gasteiger partial charge in [0.1, 0.15) is 5.76 Å². The molecule has 16 heavy (non-hydrogen) atoms. The van der Waals surface area contributed by atoms with E-state index in [1.54, 1.807) is 0 Å². The standard InChI is InChI=1S/C9H9Br2N3O2/c10-7-3-6(15-9(7)11)4-12-2-1-8-13-5-14-16-8/h3,5,12H,1-2,4H2. The maximum Gasteiger partial charge on any atom is 0.227 e. The van der Waals surface area contributed by atoms with Crippen LogP contribution in [0.5, 0.6) is 0 Å². The van der Waals surface area contributed by atoms with Crippen LogP contribution in [0.15, 0.2) is 30.5 Å². The van der Waals surface area contributed by atoms with Crippen molar-refractivity contribution in [3.63, 3.8) is 0 Å². The predicted octanol–water partition coefficient (Wildman–Crippen LogP) is 2.52. The molecule has 2 aromatic rings. The van der Waals surface area contributed by atoms with Crippen LogP contribution in [0.2, 0.25) is 0 Å². The van der Waals surface area contributed by atoms with Crippen molar-refractivity contribution >= 4 is 31.9 Å². The number of hydrogen-bond donors (Lipinski definition) is 1. The van der Waals surface area contributed by atoms with Crippen LogP contribution in [-0.4, -0.2) is 16.7 Å². The van der Waals surface area contributed by atoms with E-state index in [9.17, 15) is 0 Å². The molecule has 0 aliphatic heterocycles. The van der Waals surface area contributed by atoms with Gasteiger partial charge in [-0.3, -0.25) is 0 Å². The average Bonchev–Trinajstić information content (AvgIpc) is 2.85. The van der Waals surface area contributed by atoms with Crippen LogP contribution in [0.1, 0.15) is 11.7 Å². The Morgan fingerprint density at radius 3 is 2.88 bits per heavy atom. The molecular weight excluding hydrogens is 342 g/mol. The molecule has 0 saturated carbocycles. The third-order valence-electron chi connectivity index (χ3n) is 1.92. The van der Waals surface area contributed by atoms with Gasteiger partial charge < -0.3 is 14.3 Å². The predicted molar refractivity (Wildman–Crippen MR) is 63.8 cm³/mol. The largest absolute Gasteiger partial charge is 0.452 e. The van der Waals surface area contributed by atoms with Crippen LogP contribution < -0.4 is 5.32 Å². The second-order valence-corrected chi connectivity index (χ2v) is 4.67. The fourth-order valence-electron chi connectivity index (χ4n) is 1.19. The lowest BCUT2D eigenvalue weighted by Crippen LogP contribution is -2.16. The molecule has 0 aromatic carbocycles. The van der Waals surface area contributed by atoms with Gasteiger partial charge in [-0.1, -0.05) is 5.16 Å². The van der Waals surface area contributed by atoms with Gasteiger partial charge in [0.2, 0.25) is 5.89 Å². The highest BCUT2D eigenvalue weighted by Crippen LogP contribution is 2.26. The van der Waals surface area contributed by atoms with Crippen molar-refractivity contribution in [2.75, 3.05) is 6.54 Å². The van der Waals surface area contributed by atoms with Crippen molar-refractivity contribution in [2.45, 2.75) is 13.0 Å². The zero-order chi connectivity index (χ0) is 11.4. The monoisotopic (exact) mass is 349 g/mol. The normalized spacial score (nSPS) is 10.9. The van der Waals surface area contributed by atoms with Crippen molar-refractivity contribution in [3.8, 4) is 0 Å². The summed E-state index contributed by atoms with van der Waals surface area (Å²) in [5, 5.41) is 6.75. The Morgan fingerprint density at radius 2 is 2.25 bits per heavy atom. The van der Waals surface area contributed by atoms with E-state index in [-0.39, 0.29) is 0 Å². The summed E-state index contributed by atoms with van der Waals surface area (Å²) in [5.41, 5.74) is 0. The molecule has 0 amide bonds. The Bertz CT molecular complexity index is 422. The van der Waals surface area contributed by atoms with Gasteiger partial charge in [0.05, 0.1) is 11.0 Å². The number of rotatable bonds is 5. The third-order valence-corrected chi connectivity index (χ3v) is 3.63. The minimum Gasteiger partial charge on any atom is -0.452 e. The first-order valence-electron chi connectivity index (χ1n) is 4.65. The highest BCUT2D eigenvalue weighted by atomic mass is 79.9. The lowest BCUT2D eigenvalue weighted by Gasteiger charge is -1.98. The number of halogens is 2. The van der Waals surface area contributed by atoms with E-state index >= 15 is 0 Å². The zero-order valence-corrected chi connectivity index (χ0v) is 11.4. The van der Waals surface area contributed by atoms with E-state index in [1.807, 2.05) is 6.07 Å². The first-order chi connectivity index (χ1) is 7.75. The second-order valence-electron chi connectivity index (χ2n) is 3.10. The molecule has 0 bridgehead atoms. The number of nitrogens with zero attached hydrogens (tertiary/aromatic N) is 2. The molecule has 86 valence electrons. The molecule has 0 unspecified atom stereocenters. The Balaban J connectivity index is 1.72. The van der Waals surface area contributed by atoms with Gasteiger partial charge in [-0.25, -0.2) is 0 Å². The molecule has 0 aliphatic rings. The summed E-state index contributed by atoms with van der Waals surface area (Å²) in [6.45, 7) is 1.43. The van der Waals surface area contributed by atoms with E-state index in [4.69, 9.17) is 8.94 Å². The Hall–Kier alpha value is -0.660. The van der Waals surface area contributed by atoms with Crippen LogP contribution in [0.25, 0.3) is 0 Å². The maximum atomic E-state index is 5.41. The molecule has 0 radical (unpaired) electrons. The van der Waals surface area contributed by atoms with E-state index in [0.717, 1.165) is 16.8 Å². The van der Waals surface area contributed by atoms with Crippen LogP contribution in [0.3, 0.4) is 0 Å². The molecule has 0 aliphatic carbocycles. The molecule has 0 fully saturated rings. The van der Waals surface area contributed by atoms with Crippen molar-refractivity contribution in [1.82, 2.24) is 15.5 Å². The van der Waals surface area contributed by atoms with Gasteiger partial charge in [-0.05, 0) is 37.9 Å². The Labute approximate surface area is 109 Å². The van der Waals surface area contributed by atoms with Crippen LogP contribution in [-0.2, 0) is 13.0 Å². The average molecular weight is 351 g/mol. The van der Waals surface area contributed by atoms with Crippen LogP contribution in [0.4, 0.5) is 0 Å². The van der Waals surface area contributed by atoms with E-state index in [2.05, 4.69) is 47.3 Å². The second kappa shape index (κ2) is 5.60. The lowest BCUT2D eigenvalue weighted by molar-refractivity contribution is 0.373. The smallest absolute Gasteiger partial charge is 0.227 e. The van der Waals surface area contributed by atoms with E-state index in [1.165, 1.54) is 6.33 Å². The number of aromatic nitrogens is 2. The summed E-state index contributed by atoms with van der Waals surface area (Å²) in [6.07, 6.45) is 2.11. The van der Waals surface area contributed by atoms with Crippen molar-refractivity contribution in [2.24, 2.45) is 0 Å².